The lowest BCUT2D eigenvalue weighted by Gasteiger charge is -2.34. The number of nitrogens with one attached hydrogen (secondary N) is 2. The largest absolute Gasteiger partial charge is 0.489 e. The van der Waals surface area contributed by atoms with E-state index in [1.54, 1.807) is 0 Å². The van der Waals surface area contributed by atoms with Gasteiger partial charge in [-0.1, -0.05) is 0 Å². The number of nitrogens with zero attached hydrogens (tertiary/aromatic N) is 1. The maximum Gasteiger partial charge on any atom is 0.191 e. The molecule has 0 amide bonds. The van der Waals surface area contributed by atoms with E-state index < -0.39 is 11.6 Å². The fourth-order valence-electron chi connectivity index (χ4n) is 2.66. The molecule has 5 nitrogen and oxygen atoms in total. The van der Waals surface area contributed by atoms with E-state index in [-0.39, 0.29) is 41.1 Å². The average Bonchev–Trinajstić information content (AvgIpc) is 2.65. The van der Waals surface area contributed by atoms with Crippen molar-refractivity contribution in [3.05, 3.63) is 29.8 Å². The molecule has 0 radical (unpaired) electrons. The van der Waals surface area contributed by atoms with Gasteiger partial charge in [0.05, 0.1) is 13.1 Å². The van der Waals surface area contributed by atoms with E-state index >= 15 is 0 Å². The quantitative estimate of drug-likeness (QED) is 0.241. The molecule has 1 fully saturated rings. The third-order valence-electron chi connectivity index (χ3n) is 4.25. The van der Waals surface area contributed by atoms with Crippen molar-refractivity contribution in [3.8, 4) is 5.75 Å². The highest BCUT2D eigenvalue weighted by Crippen LogP contribution is 2.33. The second-order valence-electron chi connectivity index (χ2n) is 6.04. The van der Waals surface area contributed by atoms with Gasteiger partial charge >= 0.3 is 0 Å². The highest BCUT2D eigenvalue weighted by Gasteiger charge is 2.31. The van der Waals surface area contributed by atoms with Crippen molar-refractivity contribution in [1.29, 1.82) is 0 Å². The summed E-state index contributed by atoms with van der Waals surface area (Å²) in [5.74, 6) is -0.577. The number of thioether (sulfide) groups is 1. The summed E-state index contributed by atoms with van der Waals surface area (Å²) in [4.78, 5) is 4.69. The fourth-order valence-corrected chi connectivity index (χ4v) is 3.43. The number of guanidine groups is 1. The normalized spacial score (nSPS) is 16.4. The monoisotopic (exact) mass is 515 g/mol. The molecule has 0 atom stereocenters. The van der Waals surface area contributed by atoms with E-state index in [9.17, 15) is 8.78 Å². The smallest absolute Gasteiger partial charge is 0.191 e. The summed E-state index contributed by atoms with van der Waals surface area (Å²) >= 11 is 1.84. The summed E-state index contributed by atoms with van der Waals surface area (Å²) in [6.45, 7) is 5.71. The van der Waals surface area contributed by atoms with Crippen molar-refractivity contribution in [1.82, 2.24) is 10.6 Å². The van der Waals surface area contributed by atoms with Crippen LogP contribution in [0.3, 0.4) is 0 Å². The zero-order valence-corrected chi connectivity index (χ0v) is 18.9. The number of ether oxygens (including phenoxy) is 2. The topological polar surface area (TPSA) is 54.9 Å². The van der Waals surface area contributed by atoms with Crippen molar-refractivity contribution in [3.63, 3.8) is 0 Å². The van der Waals surface area contributed by atoms with Crippen molar-refractivity contribution in [2.75, 3.05) is 45.7 Å². The standard InChI is InChI=1S/C18H27F2N3O2S.HI/c1-3-21-17(23-13-18(26-2)6-9-24-10-7-18)22-8-11-25-16-5-4-14(19)12-15(16)20;/h4-5,12H,3,6-11,13H2,1-2H3,(H2,21,22,23);1H. The Morgan fingerprint density at radius 2 is 2.04 bits per heavy atom. The van der Waals surface area contributed by atoms with Crippen LogP contribution in [0.15, 0.2) is 23.2 Å². The van der Waals surface area contributed by atoms with Gasteiger partial charge in [-0.2, -0.15) is 11.8 Å². The van der Waals surface area contributed by atoms with Crippen LogP contribution < -0.4 is 15.4 Å². The summed E-state index contributed by atoms with van der Waals surface area (Å²) in [6.07, 6.45) is 4.10. The maximum atomic E-state index is 13.5. The Labute approximate surface area is 181 Å². The lowest BCUT2D eigenvalue weighted by molar-refractivity contribution is 0.0794. The predicted molar refractivity (Wildman–Crippen MR) is 118 cm³/mol. The van der Waals surface area contributed by atoms with E-state index in [0.29, 0.717) is 19.0 Å². The van der Waals surface area contributed by atoms with Crippen LogP contribution in [0.25, 0.3) is 0 Å². The average molecular weight is 515 g/mol. The lowest BCUT2D eigenvalue weighted by Crippen LogP contribution is -2.42. The number of aliphatic imine (C=N–C) groups is 1. The first kappa shape index (κ1) is 24.2. The van der Waals surface area contributed by atoms with E-state index in [4.69, 9.17) is 14.5 Å². The van der Waals surface area contributed by atoms with E-state index in [1.165, 1.54) is 12.1 Å². The molecule has 2 rings (SSSR count). The number of rotatable bonds is 8. The van der Waals surface area contributed by atoms with Crippen molar-refractivity contribution >= 4 is 41.7 Å². The number of hydrogen-bond donors (Lipinski definition) is 2. The molecule has 0 unspecified atom stereocenters. The Balaban J connectivity index is 0.00000364. The second-order valence-corrected chi connectivity index (χ2v) is 7.32. The van der Waals surface area contributed by atoms with Crippen LogP contribution in [0.5, 0.6) is 5.75 Å². The van der Waals surface area contributed by atoms with E-state index in [1.807, 2.05) is 18.7 Å². The first-order valence-electron chi connectivity index (χ1n) is 8.81. The minimum Gasteiger partial charge on any atom is -0.489 e. The van der Waals surface area contributed by atoms with Gasteiger partial charge in [0.1, 0.15) is 12.4 Å². The first-order valence-corrected chi connectivity index (χ1v) is 10.0. The summed E-state index contributed by atoms with van der Waals surface area (Å²) in [5.41, 5.74) is 0. The summed E-state index contributed by atoms with van der Waals surface area (Å²) in [6, 6.07) is 3.27. The van der Waals surface area contributed by atoms with Crippen molar-refractivity contribution in [2.45, 2.75) is 24.5 Å². The zero-order valence-electron chi connectivity index (χ0n) is 15.7. The molecule has 0 aromatic heterocycles. The van der Waals surface area contributed by atoms with Gasteiger partial charge in [0.25, 0.3) is 0 Å². The van der Waals surface area contributed by atoms with Gasteiger partial charge in [0, 0.05) is 30.6 Å². The molecule has 1 aliphatic rings. The number of benzene rings is 1. The van der Waals surface area contributed by atoms with Crippen LogP contribution in [-0.2, 0) is 4.74 Å². The summed E-state index contributed by atoms with van der Waals surface area (Å²) < 4.78 is 37.3. The van der Waals surface area contributed by atoms with E-state index in [2.05, 4.69) is 16.9 Å². The van der Waals surface area contributed by atoms with Crippen LogP contribution in [0.2, 0.25) is 0 Å². The van der Waals surface area contributed by atoms with Gasteiger partial charge in [0.15, 0.2) is 17.5 Å². The van der Waals surface area contributed by atoms with E-state index in [0.717, 1.165) is 38.7 Å². The highest BCUT2D eigenvalue weighted by molar-refractivity contribution is 14.0. The van der Waals surface area contributed by atoms with Crippen LogP contribution >= 0.6 is 35.7 Å². The molecule has 0 saturated carbocycles. The Kier molecular flexibility index (Phi) is 11.3. The molecule has 0 aliphatic carbocycles. The molecule has 1 aromatic carbocycles. The molecule has 1 aliphatic heterocycles. The van der Waals surface area contributed by atoms with Crippen LogP contribution in [0.4, 0.5) is 8.78 Å². The lowest BCUT2D eigenvalue weighted by atomic mass is 9.99. The molecule has 1 saturated heterocycles. The Hall–Kier alpha value is -0.810. The predicted octanol–water partition coefficient (Wildman–Crippen LogP) is 3.43. The molecule has 27 heavy (non-hydrogen) atoms. The second kappa shape index (κ2) is 12.6. The first-order chi connectivity index (χ1) is 12.6. The summed E-state index contributed by atoms with van der Waals surface area (Å²) in [5, 5.41) is 6.38. The molecular formula is C18H28F2IN3O2S. The number of hydrogen-bond acceptors (Lipinski definition) is 4. The molecule has 0 spiro atoms. The van der Waals surface area contributed by atoms with Gasteiger partial charge in [-0.3, -0.25) is 4.99 Å². The molecule has 2 N–H and O–H groups in total. The maximum absolute atomic E-state index is 13.5. The Bertz CT molecular complexity index is 602. The fraction of sp³-hybridized carbons (Fsp3) is 0.611. The van der Waals surface area contributed by atoms with Gasteiger partial charge in [-0.05, 0) is 38.2 Å². The molecule has 0 bridgehead atoms. The zero-order chi connectivity index (χ0) is 18.8. The summed E-state index contributed by atoms with van der Waals surface area (Å²) in [7, 11) is 0. The third-order valence-corrected chi connectivity index (χ3v) is 5.66. The molecular weight excluding hydrogens is 487 g/mol. The third kappa shape index (κ3) is 7.98. The number of halogens is 3. The molecule has 9 heteroatoms. The van der Waals surface area contributed by atoms with Gasteiger partial charge < -0.3 is 20.1 Å². The van der Waals surface area contributed by atoms with Crippen LogP contribution in [0, 0.1) is 11.6 Å². The Morgan fingerprint density at radius 3 is 2.67 bits per heavy atom. The Morgan fingerprint density at radius 1 is 1.30 bits per heavy atom. The SMILES string of the molecule is CCNC(=NCC1(SC)CCOCC1)NCCOc1ccc(F)cc1F.I. The van der Waals surface area contributed by atoms with Crippen LogP contribution in [-0.4, -0.2) is 56.4 Å². The van der Waals surface area contributed by atoms with Gasteiger partial charge in [0.2, 0.25) is 0 Å². The van der Waals surface area contributed by atoms with Gasteiger partial charge in [-0.15, -0.1) is 24.0 Å². The molecule has 1 aromatic rings. The van der Waals surface area contributed by atoms with Crippen molar-refractivity contribution < 1.29 is 18.3 Å². The van der Waals surface area contributed by atoms with Gasteiger partial charge in [-0.25, -0.2) is 8.78 Å². The molecule has 154 valence electrons. The van der Waals surface area contributed by atoms with Crippen molar-refractivity contribution in [2.24, 2.45) is 4.99 Å². The minimum atomic E-state index is -0.702. The minimum absolute atomic E-state index is 0. The molecule has 1 heterocycles. The highest BCUT2D eigenvalue weighted by atomic mass is 127. The van der Waals surface area contributed by atoms with Crippen LogP contribution in [0.1, 0.15) is 19.8 Å².